The van der Waals surface area contributed by atoms with Crippen LogP contribution in [0.3, 0.4) is 0 Å². The molecule has 4 nitrogen and oxygen atoms in total. The van der Waals surface area contributed by atoms with E-state index >= 15 is 0 Å². The average Bonchev–Trinajstić information content (AvgIpc) is 3.12. The topological polar surface area (TPSA) is 44.4 Å². The number of nitrogens with one attached hydrogen (secondary N) is 2. The van der Waals surface area contributed by atoms with Gasteiger partial charge in [-0.15, -0.1) is 0 Å². The number of nitrogens with zero attached hydrogens (tertiary/aromatic N) is 1. The molecule has 2 atom stereocenters. The normalized spacial score (nSPS) is 17.0. The molecule has 2 amide bonds. The summed E-state index contributed by atoms with van der Waals surface area (Å²) in [5.41, 5.74) is 3.25. The molecule has 1 saturated heterocycles. The largest absolute Gasteiger partial charge is 0.333 e. The van der Waals surface area contributed by atoms with Gasteiger partial charge in [-0.3, -0.25) is 4.90 Å². The third-order valence-corrected chi connectivity index (χ3v) is 4.82. The van der Waals surface area contributed by atoms with E-state index in [1.54, 1.807) is 0 Å². The fourth-order valence-corrected chi connectivity index (χ4v) is 3.58. The van der Waals surface area contributed by atoms with E-state index in [1.807, 2.05) is 37.3 Å². The third-order valence-electron chi connectivity index (χ3n) is 4.82. The van der Waals surface area contributed by atoms with Gasteiger partial charge in [0.25, 0.3) is 0 Å². The molecule has 25 heavy (non-hydrogen) atoms. The van der Waals surface area contributed by atoms with Crippen LogP contribution in [0.5, 0.6) is 0 Å². The van der Waals surface area contributed by atoms with Crippen LogP contribution in [0.2, 0.25) is 0 Å². The highest BCUT2D eigenvalue weighted by Crippen LogP contribution is 2.28. The minimum Gasteiger partial charge on any atom is -0.333 e. The van der Waals surface area contributed by atoms with Gasteiger partial charge in [-0.05, 0) is 57.5 Å². The first-order valence-corrected chi connectivity index (χ1v) is 9.06. The fraction of sp³-hybridized carbons (Fsp3) is 0.381. The predicted molar refractivity (Wildman–Crippen MR) is 103 cm³/mol. The zero-order chi connectivity index (χ0) is 17.6. The van der Waals surface area contributed by atoms with Gasteiger partial charge >= 0.3 is 6.03 Å². The predicted octanol–water partition coefficient (Wildman–Crippen LogP) is 4.34. The zero-order valence-corrected chi connectivity index (χ0v) is 15.0. The number of hydrogen-bond donors (Lipinski definition) is 2. The van der Waals surface area contributed by atoms with Crippen molar-refractivity contribution in [2.45, 2.75) is 38.8 Å². The maximum Gasteiger partial charge on any atom is 0.319 e. The van der Waals surface area contributed by atoms with Gasteiger partial charge in [-0.1, -0.05) is 48.0 Å². The smallest absolute Gasteiger partial charge is 0.319 e. The second kappa shape index (κ2) is 8.17. The number of carbonyl (C=O) groups is 1. The lowest BCUT2D eigenvalue weighted by Crippen LogP contribution is -2.45. The maximum atomic E-state index is 12.4. The molecule has 0 saturated carbocycles. The molecular formula is C21H27N3O. The van der Waals surface area contributed by atoms with Crippen molar-refractivity contribution in [2.24, 2.45) is 0 Å². The Kier molecular flexibility index (Phi) is 5.71. The number of anilines is 1. The third kappa shape index (κ3) is 4.60. The van der Waals surface area contributed by atoms with Crippen LogP contribution in [-0.2, 0) is 0 Å². The summed E-state index contributed by atoms with van der Waals surface area (Å²) < 4.78 is 0. The Balaban J connectivity index is 1.68. The van der Waals surface area contributed by atoms with Gasteiger partial charge in [-0.2, -0.15) is 0 Å². The molecule has 1 aliphatic heterocycles. The lowest BCUT2D eigenvalue weighted by Gasteiger charge is -2.33. The number of amides is 2. The van der Waals surface area contributed by atoms with Gasteiger partial charge in [0.05, 0.1) is 6.04 Å². The number of likely N-dealkylation sites (tertiary alicyclic amines) is 1. The van der Waals surface area contributed by atoms with Gasteiger partial charge in [0.1, 0.15) is 0 Å². The number of carbonyl (C=O) groups excluding carboxylic acids is 1. The second-order valence-electron chi connectivity index (χ2n) is 6.85. The molecule has 0 bridgehead atoms. The molecule has 2 aromatic rings. The molecule has 0 aromatic heterocycles. The van der Waals surface area contributed by atoms with Crippen LogP contribution in [0, 0.1) is 6.92 Å². The van der Waals surface area contributed by atoms with Gasteiger partial charge < -0.3 is 10.6 Å². The highest BCUT2D eigenvalue weighted by atomic mass is 16.2. The van der Waals surface area contributed by atoms with E-state index in [0.29, 0.717) is 0 Å². The van der Waals surface area contributed by atoms with Crippen molar-refractivity contribution in [1.29, 1.82) is 0 Å². The van der Waals surface area contributed by atoms with E-state index in [9.17, 15) is 4.79 Å². The Bertz CT molecular complexity index is 678. The Morgan fingerprint density at radius 3 is 2.28 bits per heavy atom. The number of rotatable bonds is 5. The lowest BCUT2D eigenvalue weighted by molar-refractivity contribution is 0.197. The molecule has 1 fully saturated rings. The highest BCUT2D eigenvalue weighted by Gasteiger charge is 2.29. The van der Waals surface area contributed by atoms with Crippen molar-refractivity contribution in [1.82, 2.24) is 10.2 Å². The minimum atomic E-state index is -0.156. The summed E-state index contributed by atoms with van der Waals surface area (Å²) in [5, 5.41) is 6.06. The van der Waals surface area contributed by atoms with Gasteiger partial charge in [0.2, 0.25) is 0 Å². The molecule has 0 aliphatic carbocycles. The molecule has 2 unspecified atom stereocenters. The molecule has 0 radical (unpaired) electrons. The average molecular weight is 337 g/mol. The summed E-state index contributed by atoms with van der Waals surface area (Å²) in [4.78, 5) is 14.9. The SMILES string of the molecule is Cc1ccc(NC(=O)NC(C)C(c2ccccc2)N2CCCC2)cc1. The Morgan fingerprint density at radius 2 is 1.64 bits per heavy atom. The second-order valence-corrected chi connectivity index (χ2v) is 6.85. The molecular weight excluding hydrogens is 310 g/mol. The summed E-state index contributed by atoms with van der Waals surface area (Å²) in [6, 6.07) is 18.4. The van der Waals surface area contributed by atoms with E-state index in [2.05, 4.69) is 46.7 Å². The Labute approximate surface area is 150 Å². The number of hydrogen-bond acceptors (Lipinski definition) is 2. The van der Waals surface area contributed by atoms with E-state index in [-0.39, 0.29) is 18.1 Å². The molecule has 132 valence electrons. The molecule has 1 aliphatic rings. The van der Waals surface area contributed by atoms with Crippen LogP contribution in [0.4, 0.5) is 10.5 Å². The van der Waals surface area contributed by atoms with Crippen molar-refractivity contribution in [3.05, 3.63) is 65.7 Å². The first-order valence-electron chi connectivity index (χ1n) is 9.06. The van der Waals surface area contributed by atoms with E-state index in [4.69, 9.17) is 0 Å². The molecule has 0 spiro atoms. The van der Waals surface area contributed by atoms with E-state index in [0.717, 1.165) is 18.8 Å². The van der Waals surface area contributed by atoms with Crippen molar-refractivity contribution in [3.63, 3.8) is 0 Å². The molecule has 3 rings (SSSR count). The maximum absolute atomic E-state index is 12.4. The summed E-state index contributed by atoms with van der Waals surface area (Å²) in [7, 11) is 0. The molecule has 2 N–H and O–H groups in total. The number of urea groups is 1. The lowest BCUT2D eigenvalue weighted by atomic mass is 9.99. The minimum absolute atomic E-state index is 0.0194. The highest BCUT2D eigenvalue weighted by molar-refractivity contribution is 5.89. The van der Waals surface area contributed by atoms with Crippen molar-refractivity contribution < 1.29 is 4.79 Å². The fourth-order valence-electron chi connectivity index (χ4n) is 3.58. The van der Waals surface area contributed by atoms with Gasteiger partial charge in [0.15, 0.2) is 0 Å². The zero-order valence-electron chi connectivity index (χ0n) is 15.0. The summed E-state index contributed by atoms with van der Waals surface area (Å²) in [6.07, 6.45) is 2.46. The van der Waals surface area contributed by atoms with Crippen LogP contribution in [-0.4, -0.2) is 30.1 Å². The van der Waals surface area contributed by atoms with Crippen LogP contribution >= 0.6 is 0 Å². The van der Waals surface area contributed by atoms with Crippen LogP contribution in [0.15, 0.2) is 54.6 Å². The van der Waals surface area contributed by atoms with Gasteiger partial charge in [-0.25, -0.2) is 4.79 Å². The van der Waals surface area contributed by atoms with Crippen molar-refractivity contribution >= 4 is 11.7 Å². The van der Waals surface area contributed by atoms with Crippen LogP contribution in [0.1, 0.15) is 36.9 Å². The quantitative estimate of drug-likeness (QED) is 0.852. The molecule has 1 heterocycles. The number of aryl methyl sites for hydroxylation is 1. The van der Waals surface area contributed by atoms with Crippen molar-refractivity contribution in [3.8, 4) is 0 Å². The van der Waals surface area contributed by atoms with Crippen LogP contribution in [0.25, 0.3) is 0 Å². The monoisotopic (exact) mass is 337 g/mol. The summed E-state index contributed by atoms with van der Waals surface area (Å²) in [6.45, 7) is 6.30. The summed E-state index contributed by atoms with van der Waals surface area (Å²) in [5.74, 6) is 0. The van der Waals surface area contributed by atoms with Crippen molar-refractivity contribution in [2.75, 3.05) is 18.4 Å². The first kappa shape index (κ1) is 17.5. The number of benzene rings is 2. The standard InChI is InChI=1S/C21H27N3O/c1-16-10-12-19(13-11-16)23-21(25)22-17(2)20(24-14-6-7-15-24)18-8-4-3-5-9-18/h3-5,8-13,17,20H,6-7,14-15H2,1-2H3,(H2,22,23,25). The molecule has 4 heteroatoms. The Morgan fingerprint density at radius 1 is 1.00 bits per heavy atom. The molecule has 2 aromatic carbocycles. The van der Waals surface area contributed by atoms with Gasteiger partial charge in [0, 0.05) is 11.7 Å². The van der Waals surface area contributed by atoms with E-state index < -0.39 is 0 Å². The van der Waals surface area contributed by atoms with E-state index in [1.165, 1.54) is 24.0 Å². The summed E-state index contributed by atoms with van der Waals surface area (Å²) >= 11 is 0. The first-order chi connectivity index (χ1) is 12.1. The Hall–Kier alpha value is -2.33. The van der Waals surface area contributed by atoms with Crippen LogP contribution < -0.4 is 10.6 Å².